The first-order valence-electron chi connectivity index (χ1n) is 12.1. The number of H-pyrrole nitrogens is 1. The van der Waals surface area contributed by atoms with E-state index in [1.54, 1.807) is 22.6 Å². The van der Waals surface area contributed by atoms with Crippen molar-refractivity contribution in [2.45, 2.75) is 56.0 Å². The summed E-state index contributed by atoms with van der Waals surface area (Å²) in [4.78, 5) is 72.4. The number of ether oxygens (including phenoxy) is 2. The Kier molecular flexibility index (Phi) is 11.9. The summed E-state index contributed by atoms with van der Waals surface area (Å²) in [5.41, 5.74) is -1.28. The van der Waals surface area contributed by atoms with Gasteiger partial charge in [0.1, 0.15) is 42.4 Å². The smallest absolute Gasteiger partial charge is 0.387 e. The van der Waals surface area contributed by atoms with Crippen LogP contribution in [0.4, 0.5) is 0 Å². The molecular formula is C20H29IN4O17P2. The third-order valence-corrected chi connectivity index (χ3v) is 7.96. The van der Waals surface area contributed by atoms with Crippen LogP contribution in [0.3, 0.4) is 0 Å². The van der Waals surface area contributed by atoms with Crippen molar-refractivity contribution in [3.63, 3.8) is 0 Å². The molecule has 0 saturated carbocycles. The van der Waals surface area contributed by atoms with Crippen LogP contribution < -0.4 is 16.6 Å². The molecule has 1 aromatic rings. The fourth-order valence-electron chi connectivity index (χ4n) is 4.05. The second-order valence-corrected chi connectivity index (χ2v) is 13.1. The van der Waals surface area contributed by atoms with Crippen LogP contribution in [0.1, 0.15) is 11.8 Å². The summed E-state index contributed by atoms with van der Waals surface area (Å²) in [6.45, 7) is 3.75. The first kappa shape index (κ1) is 36.6. The molecule has 1 aromatic heterocycles. The average molecular weight is 786 g/mol. The molecule has 10 N–H and O–H groups in total. The molecule has 4 heterocycles. The van der Waals surface area contributed by atoms with E-state index in [1.165, 1.54) is 18.0 Å². The van der Waals surface area contributed by atoms with Gasteiger partial charge in [-0.05, 0) is 29.5 Å². The standard InChI is InChI=1S/C10H14IN2O8P.C10H15N2O9P/c1-4-12-9(16)5(11)2-13(4)10-8(15)7(14)6(21-10)3-20-22(17,18)19;1-4-2-12(10(16)11-8(4)15)9-7(14)6(13)5(21-9)3-20-22(17,18)19/h2,6-8,10,14-15H,1,3H2,(H,12,16)(H2,17,18,19);2,5-7,9,13-14H,3H2,1H3,(H,11,15,16)(H2,17,18,19)/t6-,7-,8?,10-;5-,6-,7?,9-/m11/s1. The molecule has 248 valence electrons. The van der Waals surface area contributed by atoms with E-state index in [1.807, 2.05) is 4.98 Å². The van der Waals surface area contributed by atoms with E-state index in [2.05, 4.69) is 20.9 Å². The van der Waals surface area contributed by atoms with Gasteiger partial charge < -0.3 is 59.7 Å². The molecule has 3 aliphatic rings. The Hall–Kier alpha value is -1.86. The van der Waals surface area contributed by atoms with Crippen molar-refractivity contribution in [3.8, 4) is 0 Å². The van der Waals surface area contributed by atoms with E-state index in [9.17, 15) is 43.9 Å². The Bertz CT molecular complexity index is 1490. The highest BCUT2D eigenvalue weighted by molar-refractivity contribution is 14.1. The number of halogens is 1. The van der Waals surface area contributed by atoms with Crippen LogP contribution in [0.5, 0.6) is 0 Å². The maximum absolute atomic E-state index is 11.7. The van der Waals surface area contributed by atoms with Gasteiger partial charge in [0.2, 0.25) is 0 Å². The van der Waals surface area contributed by atoms with E-state index in [0.29, 0.717) is 3.58 Å². The van der Waals surface area contributed by atoms with Gasteiger partial charge in [0.25, 0.3) is 11.5 Å². The van der Waals surface area contributed by atoms with Crippen molar-refractivity contribution >= 4 is 44.1 Å². The number of nitrogens with zero attached hydrogens (tertiary/aromatic N) is 2. The van der Waals surface area contributed by atoms with Crippen LogP contribution in [0.15, 0.2) is 38.0 Å². The maximum atomic E-state index is 11.7. The van der Waals surface area contributed by atoms with Crippen molar-refractivity contribution in [1.82, 2.24) is 19.8 Å². The van der Waals surface area contributed by atoms with Gasteiger partial charge in [-0.2, -0.15) is 0 Å². The lowest BCUT2D eigenvalue weighted by Gasteiger charge is -2.33. The Morgan fingerprint density at radius 1 is 0.909 bits per heavy atom. The number of aryl methyl sites for hydroxylation is 1. The quantitative estimate of drug-likeness (QED) is 0.0895. The summed E-state index contributed by atoms with van der Waals surface area (Å²) in [5.74, 6) is -0.227. The number of phosphoric ester groups is 2. The van der Waals surface area contributed by atoms with E-state index < -0.39 is 89.2 Å². The predicted molar refractivity (Wildman–Crippen MR) is 150 cm³/mol. The fraction of sp³-hybridized carbons (Fsp3) is 0.550. The van der Waals surface area contributed by atoms with E-state index in [0.717, 1.165) is 10.8 Å². The number of phosphoric acid groups is 2. The molecule has 21 nitrogen and oxygen atoms in total. The van der Waals surface area contributed by atoms with Crippen molar-refractivity contribution in [3.05, 3.63) is 54.8 Å². The van der Waals surface area contributed by atoms with Crippen LogP contribution in [-0.4, -0.2) is 116 Å². The minimum atomic E-state index is -4.77. The molecule has 2 saturated heterocycles. The molecule has 1 amide bonds. The fourth-order valence-corrected chi connectivity index (χ4v) is 5.17. The first-order chi connectivity index (χ1) is 20.2. The van der Waals surface area contributed by atoms with Gasteiger partial charge in [0, 0.05) is 18.0 Å². The molecule has 44 heavy (non-hydrogen) atoms. The normalized spacial score (nSPS) is 31.0. The van der Waals surface area contributed by atoms with Crippen molar-refractivity contribution in [2.24, 2.45) is 0 Å². The summed E-state index contributed by atoms with van der Waals surface area (Å²) in [6.07, 6.45) is -8.19. The SMILES string of the molecule is C=C1NC(=O)C(I)=CN1[C@@H]1O[C@H](COP(=O)(O)O)[C@@H](O)C1O.Cc1cn([C@@H]2O[C@H](COP(=O)(O)O)[C@@H](O)C2O)c(=O)[nH]c1=O. The Balaban J connectivity index is 0.000000240. The lowest BCUT2D eigenvalue weighted by Crippen LogP contribution is -2.47. The molecule has 0 aliphatic carbocycles. The van der Waals surface area contributed by atoms with Crippen molar-refractivity contribution in [1.29, 1.82) is 0 Å². The predicted octanol–water partition coefficient (Wildman–Crippen LogP) is -3.70. The lowest BCUT2D eigenvalue weighted by molar-refractivity contribution is -0.118. The van der Waals surface area contributed by atoms with Crippen molar-refractivity contribution < 1.29 is 72.4 Å². The average Bonchev–Trinajstić information content (AvgIpc) is 3.35. The number of nitrogens with one attached hydrogen (secondary N) is 2. The van der Waals surface area contributed by atoms with E-state index in [-0.39, 0.29) is 17.3 Å². The third kappa shape index (κ3) is 9.11. The van der Waals surface area contributed by atoms with Gasteiger partial charge in [0.05, 0.1) is 16.8 Å². The van der Waals surface area contributed by atoms with Crippen LogP contribution in [-0.2, 0) is 32.4 Å². The number of rotatable bonds is 8. The number of aromatic amines is 1. The second-order valence-electron chi connectivity index (χ2n) is 9.43. The molecule has 4 rings (SSSR count). The molecule has 2 unspecified atom stereocenters. The summed E-state index contributed by atoms with van der Waals surface area (Å²) in [6, 6.07) is 0. The number of hydrogen-bond donors (Lipinski definition) is 10. The van der Waals surface area contributed by atoms with Crippen LogP contribution in [0, 0.1) is 6.92 Å². The highest BCUT2D eigenvalue weighted by Gasteiger charge is 2.47. The number of aromatic nitrogens is 2. The maximum Gasteiger partial charge on any atom is 0.469 e. The van der Waals surface area contributed by atoms with Gasteiger partial charge in [-0.15, -0.1) is 0 Å². The zero-order chi connectivity index (χ0) is 33.3. The third-order valence-electron chi connectivity index (χ3n) is 6.22. The first-order valence-corrected chi connectivity index (χ1v) is 16.3. The molecule has 24 heteroatoms. The number of carbonyl (C=O) groups is 1. The zero-order valence-electron chi connectivity index (χ0n) is 22.3. The molecule has 0 radical (unpaired) electrons. The van der Waals surface area contributed by atoms with Gasteiger partial charge in [-0.25, -0.2) is 13.9 Å². The highest BCUT2D eigenvalue weighted by Crippen LogP contribution is 2.39. The number of aliphatic hydroxyl groups is 4. The minimum absolute atomic E-state index is 0.137. The Morgan fingerprint density at radius 2 is 1.39 bits per heavy atom. The largest absolute Gasteiger partial charge is 0.469 e. The van der Waals surface area contributed by atoms with E-state index >= 15 is 0 Å². The molecule has 0 bridgehead atoms. The van der Waals surface area contributed by atoms with E-state index in [4.69, 9.17) is 29.0 Å². The molecule has 0 aromatic carbocycles. The topological polar surface area (TPSA) is 320 Å². The monoisotopic (exact) mass is 786 g/mol. The van der Waals surface area contributed by atoms with Gasteiger partial charge in [-0.3, -0.25) is 28.2 Å². The van der Waals surface area contributed by atoms with Gasteiger partial charge in [0.15, 0.2) is 12.5 Å². The lowest BCUT2D eigenvalue weighted by atomic mass is 10.1. The highest BCUT2D eigenvalue weighted by atomic mass is 127. The molecule has 3 aliphatic heterocycles. The molecule has 0 spiro atoms. The zero-order valence-corrected chi connectivity index (χ0v) is 26.3. The molecular weight excluding hydrogens is 757 g/mol. The van der Waals surface area contributed by atoms with Crippen LogP contribution in [0.2, 0.25) is 0 Å². The molecule has 8 atom stereocenters. The van der Waals surface area contributed by atoms with Gasteiger partial charge in [-0.1, -0.05) is 6.58 Å². The van der Waals surface area contributed by atoms with Crippen molar-refractivity contribution in [2.75, 3.05) is 13.2 Å². The minimum Gasteiger partial charge on any atom is -0.387 e. The number of amides is 1. The Morgan fingerprint density at radius 3 is 1.89 bits per heavy atom. The number of hydrogen-bond acceptors (Lipinski definition) is 14. The number of carbonyl (C=O) groups excluding carboxylic acids is 1. The summed E-state index contributed by atoms with van der Waals surface area (Å²) < 4.78 is 41.6. The van der Waals surface area contributed by atoms with Crippen LogP contribution in [0.25, 0.3) is 0 Å². The van der Waals surface area contributed by atoms with Gasteiger partial charge >= 0.3 is 21.3 Å². The van der Waals surface area contributed by atoms with Crippen LogP contribution >= 0.6 is 38.2 Å². The summed E-state index contributed by atoms with van der Waals surface area (Å²) in [7, 11) is -9.49. The number of aliphatic hydroxyl groups excluding tert-OH is 4. The second kappa shape index (κ2) is 14.3. The molecule has 2 fully saturated rings. The summed E-state index contributed by atoms with van der Waals surface area (Å²) in [5, 5.41) is 42.1. The Labute approximate surface area is 259 Å². The summed E-state index contributed by atoms with van der Waals surface area (Å²) >= 11 is 1.78.